The maximum Gasteiger partial charge on any atom is 0.272 e. The number of carbonyl (C=O) groups is 3. The fraction of sp³-hybridized carbons (Fsp3) is 0.0870. The molecule has 156 valence electrons. The van der Waals surface area contributed by atoms with Crippen molar-refractivity contribution in [3.63, 3.8) is 0 Å². The molecule has 3 aromatic rings. The number of nitrogens with one attached hydrogen (secondary N) is 2. The molecule has 0 aliphatic heterocycles. The van der Waals surface area contributed by atoms with Crippen molar-refractivity contribution in [3.8, 4) is 11.1 Å². The van der Waals surface area contributed by atoms with Crippen molar-refractivity contribution in [2.24, 2.45) is 0 Å². The summed E-state index contributed by atoms with van der Waals surface area (Å²) in [7, 11) is 0. The van der Waals surface area contributed by atoms with Gasteiger partial charge in [-0.05, 0) is 35.4 Å². The van der Waals surface area contributed by atoms with E-state index in [-0.39, 0.29) is 17.3 Å². The number of carbonyl (C=O) groups excluding carboxylic acids is 3. The zero-order chi connectivity index (χ0) is 22.7. The van der Waals surface area contributed by atoms with Gasteiger partial charge >= 0.3 is 0 Å². The van der Waals surface area contributed by atoms with Crippen molar-refractivity contribution in [1.29, 1.82) is 0 Å². The van der Waals surface area contributed by atoms with Crippen LogP contribution in [0.5, 0.6) is 0 Å². The molecule has 0 unspecified atom stereocenters. The van der Waals surface area contributed by atoms with Crippen LogP contribution in [0, 0.1) is 0 Å². The monoisotopic (exact) mass is 416 g/mol. The van der Waals surface area contributed by atoms with Gasteiger partial charge in [0.15, 0.2) is 5.78 Å². The first-order chi connectivity index (χ1) is 14.7. The van der Waals surface area contributed by atoms with Gasteiger partial charge in [0.05, 0.1) is 16.6 Å². The summed E-state index contributed by atoms with van der Waals surface area (Å²) < 4.78 is 1.02. The van der Waals surface area contributed by atoms with Crippen LogP contribution >= 0.6 is 0 Å². The number of hydrogen-bond donors (Lipinski definition) is 2. The maximum atomic E-state index is 12.8. The van der Waals surface area contributed by atoms with Gasteiger partial charge in [-0.3, -0.25) is 23.7 Å². The lowest BCUT2D eigenvalue weighted by atomic mass is 10.0. The molecule has 2 amide bonds. The average molecular weight is 416 g/mol. The summed E-state index contributed by atoms with van der Waals surface area (Å²) in [6.45, 7) is 9.78. The van der Waals surface area contributed by atoms with Crippen LogP contribution in [0.4, 0.5) is 5.69 Å². The molecule has 0 atom stereocenters. The highest BCUT2D eigenvalue weighted by Crippen LogP contribution is 2.24. The van der Waals surface area contributed by atoms with Crippen molar-refractivity contribution in [2.75, 3.05) is 5.32 Å². The van der Waals surface area contributed by atoms with Crippen molar-refractivity contribution in [2.45, 2.75) is 13.8 Å². The second-order valence-electron chi connectivity index (χ2n) is 6.85. The Balaban J connectivity index is 1.91. The van der Waals surface area contributed by atoms with E-state index in [9.17, 15) is 19.2 Å². The lowest BCUT2D eigenvalue weighted by molar-refractivity contribution is -0.118. The molecule has 0 saturated carbocycles. The Hall–Kier alpha value is -4.33. The topological polar surface area (TPSA) is 110 Å². The Morgan fingerprint density at radius 1 is 0.968 bits per heavy atom. The molecule has 2 aromatic carbocycles. The standard InChI is InChI=1S/C23H20N4O4/c1-13(15(3)28)25-22(30)14(2)27-12-24-21-11-18(7-10-20(21)23(27)31)17-5-8-19(9-6-17)26-16(4)29/h5-12H,1-2H2,3-4H3,(H,25,30)(H,26,29). The van der Waals surface area contributed by atoms with Gasteiger partial charge in [-0.15, -0.1) is 0 Å². The van der Waals surface area contributed by atoms with E-state index in [2.05, 4.69) is 28.8 Å². The third kappa shape index (κ3) is 4.64. The molecule has 0 bridgehead atoms. The molecule has 1 aromatic heterocycles. The van der Waals surface area contributed by atoms with E-state index < -0.39 is 17.2 Å². The number of rotatable bonds is 6. The number of Topliss-reactive ketones (excluding diaryl/α,β-unsaturated/α-hetero) is 1. The molecule has 0 saturated heterocycles. The van der Waals surface area contributed by atoms with Gasteiger partial charge in [-0.2, -0.15) is 0 Å². The van der Waals surface area contributed by atoms with Crippen LogP contribution in [-0.4, -0.2) is 27.1 Å². The molecule has 2 N–H and O–H groups in total. The van der Waals surface area contributed by atoms with E-state index in [0.717, 1.165) is 15.7 Å². The Labute approximate surface area is 177 Å². The third-order valence-electron chi connectivity index (χ3n) is 4.54. The first-order valence-electron chi connectivity index (χ1n) is 9.27. The van der Waals surface area contributed by atoms with Crippen molar-refractivity contribution in [3.05, 3.63) is 78.0 Å². The van der Waals surface area contributed by atoms with Gasteiger partial charge in [0, 0.05) is 19.5 Å². The van der Waals surface area contributed by atoms with Gasteiger partial charge < -0.3 is 10.6 Å². The van der Waals surface area contributed by atoms with Gasteiger partial charge in [0.1, 0.15) is 12.0 Å². The summed E-state index contributed by atoms with van der Waals surface area (Å²) in [6.07, 6.45) is 1.22. The number of hydrogen-bond acceptors (Lipinski definition) is 5. The van der Waals surface area contributed by atoms with E-state index in [1.165, 1.54) is 20.2 Å². The number of aromatic nitrogens is 2. The van der Waals surface area contributed by atoms with Crippen molar-refractivity contribution >= 4 is 39.9 Å². The van der Waals surface area contributed by atoms with E-state index >= 15 is 0 Å². The van der Waals surface area contributed by atoms with Crippen LogP contribution in [-0.2, 0) is 14.4 Å². The Morgan fingerprint density at radius 3 is 2.23 bits per heavy atom. The first kappa shape index (κ1) is 21.4. The fourth-order valence-electron chi connectivity index (χ4n) is 2.85. The molecule has 31 heavy (non-hydrogen) atoms. The zero-order valence-electron chi connectivity index (χ0n) is 17.1. The number of anilines is 1. The number of benzene rings is 2. The fourth-order valence-corrected chi connectivity index (χ4v) is 2.85. The minimum absolute atomic E-state index is 0.0953. The summed E-state index contributed by atoms with van der Waals surface area (Å²) in [5, 5.41) is 5.31. The van der Waals surface area contributed by atoms with Crippen molar-refractivity contribution in [1.82, 2.24) is 14.9 Å². The third-order valence-corrected chi connectivity index (χ3v) is 4.54. The molecule has 0 fully saturated rings. The molecule has 0 aliphatic carbocycles. The molecule has 8 heteroatoms. The molecule has 8 nitrogen and oxygen atoms in total. The van der Waals surface area contributed by atoms with Crippen LogP contribution in [0.25, 0.3) is 27.7 Å². The van der Waals surface area contributed by atoms with E-state index in [0.29, 0.717) is 16.6 Å². The summed E-state index contributed by atoms with van der Waals surface area (Å²) in [5.41, 5.74) is 2.11. The molecule has 3 rings (SSSR count). The first-order valence-corrected chi connectivity index (χ1v) is 9.27. The van der Waals surface area contributed by atoms with Crippen molar-refractivity contribution < 1.29 is 14.4 Å². The highest BCUT2D eigenvalue weighted by Gasteiger charge is 2.15. The van der Waals surface area contributed by atoms with Crippen LogP contribution in [0.2, 0.25) is 0 Å². The van der Waals surface area contributed by atoms with Gasteiger partial charge in [0.25, 0.3) is 11.5 Å². The minimum atomic E-state index is -0.723. The molecule has 1 heterocycles. The molecule has 0 aliphatic rings. The van der Waals surface area contributed by atoms with E-state index in [1.807, 2.05) is 12.1 Å². The lowest BCUT2D eigenvalue weighted by Crippen LogP contribution is -2.31. The smallest absolute Gasteiger partial charge is 0.272 e. The number of fused-ring (bicyclic) bond motifs is 1. The summed E-state index contributed by atoms with van der Waals surface area (Å²) >= 11 is 0. The molecular weight excluding hydrogens is 396 g/mol. The zero-order valence-corrected chi connectivity index (χ0v) is 17.1. The van der Waals surface area contributed by atoms with Gasteiger partial charge in [-0.1, -0.05) is 31.4 Å². The van der Waals surface area contributed by atoms with Crippen LogP contribution in [0.15, 0.2) is 72.4 Å². The van der Waals surface area contributed by atoms with Crippen LogP contribution in [0.3, 0.4) is 0 Å². The summed E-state index contributed by atoms with van der Waals surface area (Å²) in [6, 6.07) is 12.4. The molecule has 0 spiro atoms. The van der Waals surface area contributed by atoms with Crippen LogP contribution in [0.1, 0.15) is 13.8 Å². The molecule has 0 radical (unpaired) electrons. The average Bonchev–Trinajstić information content (AvgIpc) is 2.73. The normalized spacial score (nSPS) is 10.4. The van der Waals surface area contributed by atoms with Gasteiger partial charge in [-0.25, -0.2) is 4.98 Å². The summed E-state index contributed by atoms with van der Waals surface area (Å²) in [5.74, 6) is -1.28. The number of amides is 2. The number of ketones is 1. The largest absolute Gasteiger partial charge is 0.326 e. The molecular formula is C23H20N4O4. The van der Waals surface area contributed by atoms with Crippen LogP contribution < -0.4 is 16.2 Å². The highest BCUT2D eigenvalue weighted by molar-refractivity contribution is 6.15. The number of nitrogens with zero attached hydrogens (tertiary/aromatic N) is 2. The van der Waals surface area contributed by atoms with Gasteiger partial charge in [0.2, 0.25) is 5.91 Å². The minimum Gasteiger partial charge on any atom is -0.326 e. The van der Waals surface area contributed by atoms with E-state index in [1.54, 1.807) is 30.3 Å². The second-order valence-corrected chi connectivity index (χ2v) is 6.85. The SMILES string of the molecule is C=C(NC(=O)C(=C)n1cnc2cc(-c3ccc(NC(C)=O)cc3)ccc2c1=O)C(C)=O. The summed E-state index contributed by atoms with van der Waals surface area (Å²) in [4.78, 5) is 51.8. The Kier molecular flexibility index (Phi) is 5.92. The second kappa shape index (κ2) is 8.58. The predicted molar refractivity (Wildman–Crippen MR) is 119 cm³/mol. The maximum absolute atomic E-state index is 12.8. The Bertz CT molecular complexity index is 1300. The van der Waals surface area contributed by atoms with E-state index in [4.69, 9.17) is 0 Å². The highest BCUT2D eigenvalue weighted by atomic mass is 16.2. The number of allylic oxidation sites excluding steroid dienone is 1. The lowest BCUT2D eigenvalue weighted by Gasteiger charge is -2.11. The predicted octanol–water partition coefficient (Wildman–Crippen LogP) is 2.71. The quantitative estimate of drug-likeness (QED) is 0.601. The Morgan fingerprint density at radius 2 is 1.61 bits per heavy atom.